The van der Waals surface area contributed by atoms with Gasteiger partial charge in [-0.25, -0.2) is 9.98 Å². The number of amidine groups is 2. The molecule has 0 amide bonds. The van der Waals surface area contributed by atoms with Crippen molar-refractivity contribution in [2.75, 3.05) is 0 Å². The van der Waals surface area contributed by atoms with Crippen LogP contribution in [0.3, 0.4) is 0 Å². The van der Waals surface area contributed by atoms with Crippen molar-refractivity contribution in [3.05, 3.63) is 143 Å². The highest BCUT2D eigenvalue weighted by molar-refractivity contribution is 6.41. The molecule has 43 heavy (non-hydrogen) atoms. The van der Waals surface area contributed by atoms with Crippen LogP contribution in [-0.4, -0.2) is 11.7 Å². The molecule has 0 saturated heterocycles. The van der Waals surface area contributed by atoms with Crippen molar-refractivity contribution >= 4 is 77.9 Å². The van der Waals surface area contributed by atoms with E-state index in [2.05, 4.69) is 29.6 Å². The van der Waals surface area contributed by atoms with Crippen molar-refractivity contribution in [2.45, 2.75) is 6.17 Å². The standard InChI is InChI=1S/C37H22ClN3O2/c38-32-30-26-16-7-9-20-29(26)43-34(30)25-15-5-4-14-23(25)31(32)37-40-35(21-11-2-1-3-12-21)39-36(41-37)27-18-10-17-24-22-13-6-8-19-28(22)42-33(24)27/h1-20,37H,(H,39,40,41). The first kappa shape index (κ1) is 24.2. The molecule has 0 aliphatic carbocycles. The van der Waals surface area contributed by atoms with Crippen LogP contribution < -0.4 is 5.32 Å². The summed E-state index contributed by atoms with van der Waals surface area (Å²) in [6, 6.07) is 40.5. The van der Waals surface area contributed by atoms with Crippen molar-refractivity contribution in [1.82, 2.24) is 5.32 Å². The van der Waals surface area contributed by atoms with Gasteiger partial charge in [-0.1, -0.05) is 115 Å². The van der Waals surface area contributed by atoms with Crippen molar-refractivity contribution in [3.63, 3.8) is 0 Å². The second kappa shape index (κ2) is 9.31. The Morgan fingerprint density at radius 3 is 2.00 bits per heavy atom. The summed E-state index contributed by atoms with van der Waals surface area (Å²) in [6.07, 6.45) is -0.530. The number of furan rings is 2. The molecule has 8 aromatic rings. The van der Waals surface area contributed by atoms with E-state index in [1.807, 2.05) is 97.1 Å². The summed E-state index contributed by atoms with van der Waals surface area (Å²) in [4.78, 5) is 10.2. The van der Waals surface area contributed by atoms with Crippen LogP contribution in [0.25, 0.3) is 54.6 Å². The Balaban J connectivity index is 1.32. The van der Waals surface area contributed by atoms with E-state index in [-0.39, 0.29) is 0 Å². The first-order chi connectivity index (χ1) is 21.2. The number of nitrogens with one attached hydrogen (secondary N) is 1. The minimum Gasteiger partial charge on any atom is -0.455 e. The molecule has 6 heteroatoms. The third-order valence-corrected chi connectivity index (χ3v) is 8.61. The molecule has 6 aromatic carbocycles. The number of hydrogen-bond acceptors (Lipinski definition) is 5. The molecule has 0 fully saturated rings. The van der Waals surface area contributed by atoms with Gasteiger partial charge in [-0.2, -0.15) is 0 Å². The van der Waals surface area contributed by atoms with Gasteiger partial charge in [0.05, 0.1) is 10.6 Å². The predicted molar refractivity (Wildman–Crippen MR) is 175 cm³/mol. The summed E-state index contributed by atoms with van der Waals surface area (Å²) >= 11 is 7.38. The lowest BCUT2D eigenvalue weighted by atomic mass is 9.97. The molecule has 1 aliphatic heterocycles. The zero-order valence-corrected chi connectivity index (χ0v) is 23.5. The van der Waals surface area contributed by atoms with Gasteiger partial charge >= 0.3 is 0 Å². The lowest BCUT2D eigenvalue weighted by Gasteiger charge is -2.25. The summed E-state index contributed by atoms with van der Waals surface area (Å²) in [7, 11) is 0. The van der Waals surface area contributed by atoms with Gasteiger partial charge in [0, 0.05) is 38.1 Å². The van der Waals surface area contributed by atoms with E-state index in [4.69, 9.17) is 30.4 Å². The van der Waals surface area contributed by atoms with Crippen molar-refractivity contribution < 1.29 is 8.83 Å². The van der Waals surface area contributed by atoms with Gasteiger partial charge in [0.1, 0.15) is 34.3 Å². The minimum absolute atomic E-state index is 0.530. The third-order valence-electron chi connectivity index (χ3n) is 8.22. The van der Waals surface area contributed by atoms with Crippen molar-refractivity contribution in [2.24, 2.45) is 9.98 Å². The van der Waals surface area contributed by atoms with E-state index in [1.165, 1.54) is 0 Å². The lowest BCUT2D eigenvalue weighted by molar-refractivity contribution is 0.661. The summed E-state index contributed by atoms with van der Waals surface area (Å²) in [5, 5.41) is 10.2. The van der Waals surface area contributed by atoms with Crippen LogP contribution in [-0.2, 0) is 0 Å². The van der Waals surface area contributed by atoms with Crippen molar-refractivity contribution in [1.29, 1.82) is 0 Å². The Kier molecular flexibility index (Phi) is 5.25. The Hall–Kier alpha value is -5.39. The average molecular weight is 576 g/mol. The molecule has 1 N–H and O–H groups in total. The van der Waals surface area contributed by atoms with Crippen LogP contribution in [0.4, 0.5) is 0 Å². The molecule has 9 rings (SSSR count). The Bertz CT molecular complexity index is 2450. The number of nitrogens with zero attached hydrogens (tertiary/aromatic N) is 2. The van der Waals surface area contributed by atoms with Crippen molar-refractivity contribution in [3.8, 4) is 0 Å². The molecule has 0 bridgehead atoms. The number of para-hydroxylation sites is 3. The summed E-state index contributed by atoms with van der Waals surface area (Å²) in [5.41, 5.74) is 5.82. The molecule has 1 unspecified atom stereocenters. The number of halogens is 1. The van der Waals surface area contributed by atoms with Crippen LogP contribution >= 0.6 is 11.6 Å². The number of aliphatic imine (C=N–C) groups is 2. The van der Waals surface area contributed by atoms with Crippen LogP contribution in [0.15, 0.2) is 140 Å². The minimum atomic E-state index is -0.530. The molecule has 0 spiro atoms. The number of rotatable bonds is 3. The maximum absolute atomic E-state index is 7.38. The first-order valence-corrected chi connectivity index (χ1v) is 14.5. The third kappa shape index (κ3) is 3.65. The zero-order chi connectivity index (χ0) is 28.5. The second-order valence-electron chi connectivity index (χ2n) is 10.7. The highest BCUT2D eigenvalue weighted by Gasteiger charge is 2.29. The molecular formula is C37H22ClN3O2. The van der Waals surface area contributed by atoms with E-state index < -0.39 is 6.17 Å². The van der Waals surface area contributed by atoms with Crippen LogP contribution in [0.5, 0.6) is 0 Å². The fraction of sp³-hybridized carbons (Fsp3) is 0.0270. The summed E-state index contributed by atoms with van der Waals surface area (Å²) in [5.74, 6) is 1.28. The Morgan fingerprint density at radius 1 is 0.581 bits per heavy atom. The Morgan fingerprint density at radius 2 is 1.19 bits per heavy atom. The van der Waals surface area contributed by atoms with Gasteiger partial charge in [-0.05, 0) is 23.6 Å². The maximum atomic E-state index is 7.38. The largest absolute Gasteiger partial charge is 0.455 e. The van der Waals surface area contributed by atoms with E-state index in [0.717, 1.165) is 71.3 Å². The van der Waals surface area contributed by atoms with Gasteiger partial charge in [0.25, 0.3) is 0 Å². The molecule has 3 heterocycles. The molecular weight excluding hydrogens is 554 g/mol. The number of hydrogen-bond donors (Lipinski definition) is 1. The van der Waals surface area contributed by atoms with E-state index in [0.29, 0.717) is 16.7 Å². The summed E-state index contributed by atoms with van der Waals surface area (Å²) in [6.45, 7) is 0. The lowest BCUT2D eigenvalue weighted by Crippen LogP contribution is -2.34. The SMILES string of the molecule is Clc1c(C2N=C(c3ccccc3)N=C(c3cccc4c3oc3ccccc34)N2)c2ccccc2c2oc3ccccc3c12. The van der Waals surface area contributed by atoms with Crippen LogP contribution in [0.2, 0.25) is 5.02 Å². The van der Waals surface area contributed by atoms with E-state index in [1.54, 1.807) is 0 Å². The Labute approximate surface area is 250 Å². The molecule has 1 atom stereocenters. The van der Waals surface area contributed by atoms with E-state index in [9.17, 15) is 0 Å². The normalized spacial score (nSPS) is 15.3. The van der Waals surface area contributed by atoms with Crippen LogP contribution in [0, 0.1) is 0 Å². The van der Waals surface area contributed by atoms with Gasteiger partial charge in [0.2, 0.25) is 0 Å². The fourth-order valence-electron chi connectivity index (χ4n) is 6.28. The van der Waals surface area contributed by atoms with Gasteiger partial charge in [0.15, 0.2) is 5.84 Å². The molecule has 204 valence electrons. The topological polar surface area (TPSA) is 63.0 Å². The number of fused-ring (bicyclic) bond motifs is 8. The second-order valence-corrected chi connectivity index (χ2v) is 11.1. The van der Waals surface area contributed by atoms with Gasteiger partial charge < -0.3 is 14.2 Å². The van der Waals surface area contributed by atoms with E-state index >= 15 is 0 Å². The number of benzene rings is 6. The quantitative estimate of drug-likeness (QED) is 0.228. The smallest absolute Gasteiger partial charge is 0.159 e. The van der Waals surface area contributed by atoms with Gasteiger partial charge in [-0.3, -0.25) is 0 Å². The highest BCUT2D eigenvalue weighted by Crippen LogP contribution is 2.45. The predicted octanol–water partition coefficient (Wildman–Crippen LogP) is 9.79. The fourth-order valence-corrected chi connectivity index (χ4v) is 6.67. The summed E-state index contributed by atoms with van der Waals surface area (Å²) < 4.78 is 12.8. The zero-order valence-electron chi connectivity index (χ0n) is 22.7. The molecule has 1 aliphatic rings. The molecule has 0 radical (unpaired) electrons. The maximum Gasteiger partial charge on any atom is 0.159 e. The monoisotopic (exact) mass is 575 g/mol. The average Bonchev–Trinajstić information content (AvgIpc) is 3.65. The molecule has 2 aromatic heterocycles. The highest BCUT2D eigenvalue weighted by atomic mass is 35.5. The van der Waals surface area contributed by atoms with Gasteiger partial charge in [-0.15, -0.1) is 0 Å². The molecule has 0 saturated carbocycles. The first-order valence-electron chi connectivity index (χ1n) is 14.1. The van der Waals surface area contributed by atoms with Crippen LogP contribution in [0.1, 0.15) is 22.9 Å². The molecule has 5 nitrogen and oxygen atoms in total.